The van der Waals surface area contributed by atoms with Gasteiger partial charge in [-0.1, -0.05) is 32.8 Å². The summed E-state index contributed by atoms with van der Waals surface area (Å²) in [6.07, 6.45) is 6.38. The van der Waals surface area contributed by atoms with Crippen molar-refractivity contribution in [2.75, 3.05) is 6.61 Å². The highest BCUT2D eigenvalue weighted by atomic mass is 19.3. The van der Waals surface area contributed by atoms with E-state index in [4.69, 9.17) is 4.74 Å². The van der Waals surface area contributed by atoms with Gasteiger partial charge in [0.2, 0.25) is 0 Å². The molecule has 3 heteroatoms. The third-order valence-electron chi connectivity index (χ3n) is 2.37. The number of hydrogen-bond donors (Lipinski definition) is 0. The Morgan fingerprint density at radius 3 is 2.29 bits per heavy atom. The fraction of sp³-hybridized carbons (Fsp3) is 0.857. The first-order chi connectivity index (χ1) is 7.83. The zero-order chi connectivity index (χ0) is 13.3. The Morgan fingerprint density at radius 2 is 1.76 bits per heavy atom. The Morgan fingerprint density at radius 1 is 1.12 bits per heavy atom. The highest BCUT2D eigenvalue weighted by Crippen LogP contribution is 2.17. The molecule has 0 amide bonds. The lowest BCUT2D eigenvalue weighted by Crippen LogP contribution is -2.23. The topological polar surface area (TPSA) is 9.23 Å². The third kappa shape index (κ3) is 11.8. The second kappa shape index (κ2) is 8.62. The first kappa shape index (κ1) is 16.6. The number of hydrogen-bond acceptors (Lipinski definition) is 1. The monoisotopic (exact) mass is 248 g/mol. The SMILES string of the molecule is CC(C)CCCCC=CC(F)(F)COC(C)C. The van der Waals surface area contributed by atoms with Gasteiger partial charge in [0.05, 0.1) is 6.10 Å². The summed E-state index contributed by atoms with van der Waals surface area (Å²) in [6.45, 7) is 7.34. The van der Waals surface area contributed by atoms with Crippen molar-refractivity contribution in [3.8, 4) is 0 Å². The number of alkyl halides is 2. The maximum atomic E-state index is 13.2. The second-order valence-corrected chi connectivity index (χ2v) is 5.20. The minimum Gasteiger partial charge on any atom is -0.372 e. The van der Waals surface area contributed by atoms with Gasteiger partial charge in [-0.3, -0.25) is 0 Å². The van der Waals surface area contributed by atoms with Crippen molar-refractivity contribution < 1.29 is 13.5 Å². The minimum atomic E-state index is -2.83. The van der Waals surface area contributed by atoms with Crippen LogP contribution in [0.3, 0.4) is 0 Å². The lowest BCUT2D eigenvalue weighted by molar-refractivity contribution is -0.0595. The lowest BCUT2D eigenvalue weighted by atomic mass is 10.1. The minimum absolute atomic E-state index is 0.152. The van der Waals surface area contributed by atoms with E-state index >= 15 is 0 Å². The average molecular weight is 248 g/mol. The molecule has 0 aliphatic rings. The number of rotatable bonds is 9. The van der Waals surface area contributed by atoms with Gasteiger partial charge in [-0.2, -0.15) is 8.78 Å². The smallest absolute Gasteiger partial charge is 0.289 e. The zero-order valence-corrected chi connectivity index (χ0v) is 11.5. The maximum Gasteiger partial charge on any atom is 0.289 e. The molecular formula is C14H26F2O. The van der Waals surface area contributed by atoms with E-state index in [0.29, 0.717) is 5.92 Å². The van der Waals surface area contributed by atoms with Crippen molar-refractivity contribution in [3.05, 3.63) is 12.2 Å². The van der Waals surface area contributed by atoms with E-state index in [2.05, 4.69) is 13.8 Å². The molecule has 0 unspecified atom stereocenters. The first-order valence-electron chi connectivity index (χ1n) is 6.50. The highest BCUT2D eigenvalue weighted by Gasteiger charge is 2.25. The molecule has 0 aromatic rings. The third-order valence-corrected chi connectivity index (χ3v) is 2.37. The fourth-order valence-electron chi connectivity index (χ4n) is 1.40. The van der Waals surface area contributed by atoms with Crippen LogP contribution in [-0.4, -0.2) is 18.6 Å². The van der Waals surface area contributed by atoms with Gasteiger partial charge in [-0.15, -0.1) is 0 Å². The Labute approximate surface area is 104 Å². The predicted molar refractivity (Wildman–Crippen MR) is 68.5 cm³/mol. The van der Waals surface area contributed by atoms with Crippen molar-refractivity contribution >= 4 is 0 Å². The molecule has 1 nitrogen and oxygen atoms in total. The van der Waals surface area contributed by atoms with Crippen LogP contribution in [0.25, 0.3) is 0 Å². The average Bonchev–Trinajstić information content (AvgIpc) is 2.20. The van der Waals surface area contributed by atoms with Crippen molar-refractivity contribution in [2.24, 2.45) is 5.92 Å². The molecule has 0 rings (SSSR count). The number of unbranched alkanes of at least 4 members (excludes halogenated alkanes) is 2. The van der Waals surface area contributed by atoms with Crippen LogP contribution in [0.5, 0.6) is 0 Å². The maximum absolute atomic E-state index is 13.2. The molecule has 0 saturated carbocycles. The summed E-state index contributed by atoms with van der Waals surface area (Å²) >= 11 is 0. The Kier molecular flexibility index (Phi) is 8.40. The highest BCUT2D eigenvalue weighted by molar-refractivity contribution is 4.94. The normalized spacial score (nSPS) is 13.2. The van der Waals surface area contributed by atoms with E-state index in [9.17, 15) is 8.78 Å². The molecule has 0 N–H and O–H groups in total. The standard InChI is InChI=1S/C14H26F2O/c1-12(2)9-7-5-6-8-10-14(15,16)11-17-13(3)4/h8,10,12-13H,5-7,9,11H2,1-4H3. The summed E-state index contributed by atoms with van der Waals surface area (Å²) in [5, 5.41) is 0. The van der Waals surface area contributed by atoms with E-state index in [-0.39, 0.29) is 6.10 Å². The van der Waals surface area contributed by atoms with Crippen molar-refractivity contribution in [1.29, 1.82) is 0 Å². The molecule has 0 bridgehead atoms. The molecular weight excluding hydrogens is 222 g/mol. The summed E-state index contributed by atoms with van der Waals surface area (Å²) in [5.41, 5.74) is 0. The molecule has 0 aromatic carbocycles. The Hall–Kier alpha value is -0.440. The van der Waals surface area contributed by atoms with Gasteiger partial charge in [0.15, 0.2) is 0 Å². The first-order valence-corrected chi connectivity index (χ1v) is 6.50. The summed E-state index contributed by atoms with van der Waals surface area (Å²) in [5.74, 6) is -2.14. The second-order valence-electron chi connectivity index (χ2n) is 5.20. The van der Waals surface area contributed by atoms with E-state index in [1.807, 2.05) is 0 Å². The zero-order valence-electron chi connectivity index (χ0n) is 11.5. The number of ether oxygens (including phenoxy) is 1. The lowest BCUT2D eigenvalue weighted by Gasteiger charge is -2.14. The molecule has 0 fully saturated rings. The van der Waals surface area contributed by atoms with Crippen LogP contribution in [0.15, 0.2) is 12.2 Å². The van der Waals surface area contributed by atoms with Crippen molar-refractivity contribution in [2.45, 2.75) is 65.4 Å². The van der Waals surface area contributed by atoms with Crippen LogP contribution < -0.4 is 0 Å². The largest absolute Gasteiger partial charge is 0.372 e. The molecule has 17 heavy (non-hydrogen) atoms. The number of allylic oxidation sites excluding steroid dienone is 1. The van der Waals surface area contributed by atoms with Crippen LogP contribution in [0.2, 0.25) is 0 Å². The van der Waals surface area contributed by atoms with Gasteiger partial charge in [0, 0.05) is 0 Å². The Balaban J connectivity index is 3.67. The summed E-state index contributed by atoms with van der Waals surface area (Å²) < 4.78 is 31.3. The quantitative estimate of drug-likeness (QED) is 0.420. The van der Waals surface area contributed by atoms with Gasteiger partial charge in [0.1, 0.15) is 6.61 Å². The van der Waals surface area contributed by atoms with E-state index in [1.165, 1.54) is 6.42 Å². The van der Waals surface area contributed by atoms with Gasteiger partial charge >= 0.3 is 0 Å². The molecule has 0 radical (unpaired) electrons. The van der Waals surface area contributed by atoms with Crippen LogP contribution in [0.1, 0.15) is 53.4 Å². The Bertz CT molecular complexity index is 210. The van der Waals surface area contributed by atoms with Crippen molar-refractivity contribution in [1.82, 2.24) is 0 Å². The molecule has 0 atom stereocenters. The molecule has 102 valence electrons. The fourth-order valence-corrected chi connectivity index (χ4v) is 1.40. The van der Waals surface area contributed by atoms with Crippen molar-refractivity contribution in [3.63, 3.8) is 0 Å². The van der Waals surface area contributed by atoms with Crippen LogP contribution in [0, 0.1) is 5.92 Å². The summed E-state index contributed by atoms with van der Waals surface area (Å²) in [6, 6.07) is 0. The van der Waals surface area contributed by atoms with Gasteiger partial charge in [-0.25, -0.2) is 0 Å². The molecule has 0 spiro atoms. The summed E-state index contributed by atoms with van der Waals surface area (Å²) in [4.78, 5) is 0. The van der Waals surface area contributed by atoms with Gasteiger partial charge < -0.3 is 4.74 Å². The molecule has 0 saturated heterocycles. The van der Waals surface area contributed by atoms with Gasteiger partial charge in [0.25, 0.3) is 5.92 Å². The molecule has 0 aromatic heterocycles. The van der Waals surface area contributed by atoms with Crippen LogP contribution >= 0.6 is 0 Å². The molecule has 0 aliphatic heterocycles. The van der Waals surface area contributed by atoms with E-state index < -0.39 is 12.5 Å². The summed E-state index contributed by atoms with van der Waals surface area (Å²) in [7, 11) is 0. The van der Waals surface area contributed by atoms with Crippen LogP contribution in [-0.2, 0) is 4.74 Å². The number of halogens is 2. The molecule has 0 heterocycles. The van der Waals surface area contributed by atoms with Crippen LogP contribution in [0.4, 0.5) is 8.78 Å². The van der Waals surface area contributed by atoms with E-state index in [1.54, 1.807) is 19.9 Å². The van der Waals surface area contributed by atoms with E-state index in [0.717, 1.165) is 25.3 Å². The van der Waals surface area contributed by atoms with Gasteiger partial charge in [-0.05, 0) is 38.7 Å². The predicted octanol–water partition coefficient (Wildman–Crippen LogP) is 4.82. The molecule has 0 aliphatic carbocycles.